The fraction of sp³-hybridized carbons (Fsp3) is 0.161. The quantitative estimate of drug-likeness (QED) is 0.274. The molecule has 0 bridgehead atoms. The van der Waals surface area contributed by atoms with Crippen molar-refractivity contribution in [3.63, 3.8) is 0 Å². The molecule has 0 amide bonds. The molecule has 2 aromatic carbocycles. The van der Waals surface area contributed by atoms with E-state index in [0.717, 1.165) is 16.8 Å². The summed E-state index contributed by atoms with van der Waals surface area (Å²) in [4.78, 5) is 13.4. The van der Waals surface area contributed by atoms with E-state index in [1.54, 1.807) is 60.5 Å². The molecule has 9 nitrogen and oxygen atoms in total. The Morgan fingerprint density at radius 3 is 2.41 bits per heavy atom. The number of hydrogen-bond donors (Lipinski definition) is 1. The van der Waals surface area contributed by atoms with E-state index in [4.69, 9.17) is 26.1 Å². The van der Waals surface area contributed by atoms with Crippen LogP contribution in [-0.4, -0.2) is 48.6 Å². The first-order valence-corrected chi connectivity index (χ1v) is 13.3. The van der Waals surface area contributed by atoms with E-state index in [1.807, 2.05) is 61.8 Å². The number of pyridine rings is 2. The zero-order chi connectivity index (χ0) is 28.6. The molecule has 6 aromatic rings. The minimum atomic E-state index is -1.58. The van der Waals surface area contributed by atoms with Gasteiger partial charge in [0.15, 0.2) is 5.60 Å². The standard InChI is InChI=1S/C31H27ClN6O3/c1-37-19-33-18-27(37)31(39,22-8-12-28(40-2)34-17-22)21-7-11-26-24(16-21)29(32)25(30(36-26)41-3)15-20-5-9-23(10-6-20)38-14-4-13-35-38/h4-14,16-19,39H,15H2,1-3H3. The fourth-order valence-corrected chi connectivity index (χ4v) is 5.36. The van der Waals surface area contributed by atoms with Crippen LogP contribution in [0.25, 0.3) is 16.6 Å². The van der Waals surface area contributed by atoms with Gasteiger partial charge in [-0.1, -0.05) is 29.8 Å². The summed E-state index contributed by atoms with van der Waals surface area (Å²) < 4.78 is 14.5. The van der Waals surface area contributed by atoms with Gasteiger partial charge in [0.2, 0.25) is 11.8 Å². The molecular formula is C31H27ClN6O3. The van der Waals surface area contributed by atoms with Crippen molar-refractivity contribution in [3.8, 4) is 17.4 Å². The number of imidazole rings is 1. The summed E-state index contributed by atoms with van der Waals surface area (Å²) in [6.07, 6.45) is 9.03. The lowest BCUT2D eigenvalue weighted by atomic mass is 9.83. The summed E-state index contributed by atoms with van der Waals surface area (Å²) in [5.74, 6) is 0.897. The highest BCUT2D eigenvalue weighted by Crippen LogP contribution is 2.40. The van der Waals surface area contributed by atoms with Gasteiger partial charge in [-0.2, -0.15) is 5.10 Å². The lowest BCUT2D eigenvalue weighted by Crippen LogP contribution is -2.31. The van der Waals surface area contributed by atoms with E-state index in [-0.39, 0.29) is 0 Å². The molecule has 6 rings (SSSR count). The second-order valence-corrected chi connectivity index (χ2v) is 10.0. The Bertz CT molecular complexity index is 1820. The zero-order valence-corrected chi connectivity index (χ0v) is 23.4. The Kier molecular flexibility index (Phi) is 6.90. The molecule has 1 N–H and O–H groups in total. The number of aromatic nitrogens is 6. The van der Waals surface area contributed by atoms with Crippen LogP contribution in [0.5, 0.6) is 11.8 Å². The molecule has 206 valence electrons. The SMILES string of the molecule is COc1ccc(C(O)(c2ccc3nc(OC)c(Cc4ccc(-n5cccn5)cc4)c(Cl)c3c2)c2cncn2C)cn1. The number of benzene rings is 2. The Labute approximate surface area is 241 Å². The number of halogens is 1. The Hall–Kier alpha value is -4.73. The molecule has 1 atom stereocenters. The summed E-state index contributed by atoms with van der Waals surface area (Å²) in [5, 5.41) is 17.9. The van der Waals surface area contributed by atoms with Crippen molar-refractivity contribution >= 4 is 22.5 Å². The second kappa shape index (κ2) is 10.7. The lowest BCUT2D eigenvalue weighted by molar-refractivity contribution is 0.117. The van der Waals surface area contributed by atoms with Crippen LogP contribution >= 0.6 is 11.6 Å². The van der Waals surface area contributed by atoms with E-state index in [2.05, 4.69) is 15.1 Å². The molecule has 0 spiro atoms. The summed E-state index contributed by atoms with van der Waals surface area (Å²) in [5.41, 5.74) is 3.52. The Morgan fingerprint density at radius 2 is 1.78 bits per heavy atom. The maximum Gasteiger partial charge on any atom is 0.218 e. The molecule has 0 fully saturated rings. The van der Waals surface area contributed by atoms with Crippen LogP contribution in [0, 0.1) is 0 Å². The molecule has 4 aromatic heterocycles. The normalized spacial score (nSPS) is 12.8. The number of hydrogen-bond acceptors (Lipinski definition) is 7. The monoisotopic (exact) mass is 566 g/mol. The molecule has 0 aliphatic carbocycles. The first-order valence-electron chi connectivity index (χ1n) is 12.9. The van der Waals surface area contributed by atoms with Gasteiger partial charge in [0.25, 0.3) is 0 Å². The van der Waals surface area contributed by atoms with Crippen molar-refractivity contribution in [2.24, 2.45) is 7.05 Å². The molecule has 0 radical (unpaired) electrons. The van der Waals surface area contributed by atoms with Crippen molar-refractivity contribution < 1.29 is 14.6 Å². The number of ether oxygens (including phenoxy) is 2. The Balaban J connectivity index is 1.46. The molecular weight excluding hydrogens is 540 g/mol. The first kappa shape index (κ1) is 26.5. The molecule has 0 saturated heterocycles. The predicted molar refractivity (Wildman–Crippen MR) is 156 cm³/mol. The third-order valence-corrected chi connectivity index (χ3v) is 7.66. The highest BCUT2D eigenvalue weighted by molar-refractivity contribution is 6.36. The average Bonchev–Trinajstić information content (AvgIpc) is 3.71. The number of methoxy groups -OCH3 is 2. The van der Waals surface area contributed by atoms with Crippen LogP contribution in [0.2, 0.25) is 5.02 Å². The van der Waals surface area contributed by atoms with Gasteiger partial charge in [0, 0.05) is 54.6 Å². The van der Waals surface area contributed by atoms with Gasteiger partial charge in [0.05, 0.1) is 48.7 Å². The third kappa shape index (κ3) is 4.69. The molecule has 0 saturated carbocycles. The van der Waals surface area contributed by atoms with E-state index < -0.39 is 5.60 Å². The topological polar surface area (TPSA) is 100 Å². The molecule has 0 aliphatic rings. The van der Waals surface area contributed by atoms with Gasteiger partial charge < -0.3 is 19.1 Å². The average molecular weight is 567 g/mol. The number of aliphatic hydroxyl groups is 1. The van der Waals surface area contributed by atoms with Crippen molar-refractivity contribution in [2.45, 2.75) is 12.0 Å². The van der Waals surface area contributed by atoms with Crippen LogP contribution in [0.1, 0.15) is 27.9 Å². The van der Waals surface area contributed by atoms with Gasteiger partial charge in [-0.25, -0.2) is 19.6 Å². The highest BCUT2D eigenvalue weighted by Gasteiger charge is 2.37. The van der Waals surface area contributed by atoms with Crippen LogP contribution in [-0.2, 0) is 19.1 Å². The lowest BCUT2D eigenvalue weighted by Gasteiger charge is -2.30. The van der Waals surface area contributed by atoms with Crippen molar-refractivity contribution in [3.05, 3.63) is 125 Å². The minimum absolute atomic E-state index is 0.446. The van der Waals surface area contributed by atoms with Gasteiger partial charge in [-0.15, -0.1) is 0 Å². The summed E-state index contributed by atoms with van der Waals surface area (Å²) in [6.45, 7) is 0. The molecule has 0 aliphatic heterocycles. The van der Waals surface area contributed by atoms with Gasteiger partial charge in [0.1, 0.15) is 0 Å². The van der Waals surface area contributed by atoms with E-state index >= 15 is 0 Å². The highest BCUT2D eigenvalue weighted by atomic mass is 35.5. The van der Waals surface area contributed by atoms with E-state index in [0.29, 0.717) is 50.9 Å². The number of rotatable bonds is 8. The van der Waals surface area contributed by atoms with Crippen LogP contribution in [0.15, 0.2) is 91.8 Å². The number of nitrogens with zero attached hydrogens (tertiary/aromatic N) is 6. The van der Waals surface area contributed by atoms with Gasteiger partial charge >= 0.3 is 0 Å². The number of aryl methyl sites for hydroxylation is 1. The van der Waals surface area contributed by atoms with Crippen molar-refractivity contribution in [1.29, 1.82) is 0 Å². The zero-order valence-electron chi connectivity index (χ0n) is 22.7. The van der Waals surface area contributed by atoms with Crippen molar-refractivity contribution in [2.75, 3.05) is 14.2 Å². The fourth-order valence-electron chi connectivity index (χ4n) is 5.07. The first-order chi connectivity index (χ1) is 19.9. The van der Waals surface area contributed by atoms with Gasteiger partial charge in [-0.05, 0) is 47.5 Å². The van der Waals surface area contributed by atoms with Crippen molar-refractivity contribution in [1.82, 2.24) is 29.3 Å². The van der Waals surface area contributed by atoms with Gasteiger partial charge in [-0.3, -0.25) is 0 Å². The summed E-state index contributed by atoms with van der Waals surface area (Å²) in [6, 6.07) is 19.0. The maximum atomic E-state index is 12.4. The largest absolute Gasteiger partial charge is 0.481 e. The molecule has 10 heteroatoms. The van der Waals surface area contributed by atoms with Crippen LogP contribution in [0.3, 0.4) is 0 Å². The van der Waals surface area contributed by atoms with E-state index in [1.165, 1.54) is 0 Å². The predicted octanol–water partition coefficient (Wildman–Crippen LogP) is 5.09. The van der Waals surface area contributed by atoms with E-state index in [9.17, 15) is 5.11 Å². The molecule has 4 heterocycles. The molecule has 41 heavy (non-hydrogen) atoms. The smallest absolute Gasteiger partial charge is 0.218 e. The van der Waals surface area contributed by atoms with Crippen LogP contribution in [0.4, 0.5) is 0 Å². The minimum Gasteiger partial charge on any atom is -0.481 e. The van der Waals surface area contributed by atoms with Crippen LogP contribution < -0.4 is 9.47 Å². The Morgan fingerprint density at radius 1 is 0.976 bits per heavy atom. The number of fused-ring (bicyclic) bond motifs is 1. The summed E-state index contributed by atoms with van der Waals surface area (Å²) >= 11 is 7.09. The molecule has 1 unspecified atom stereocenters. The third-order valence-electron chi connectivity index (χ3n) is 7.23. The maximum absolute atomic E-state index is 12.4. The second-order valence-electron chi connectivity index (χ2n) is 9.63. The summed E-state index contributed by atoms with van der Waals surface area (Å²) in [7, 11) is 4.97.